The van der Waals surface area contributed by atoms with Gasteiger partial charge in [-0.3, -0.25) is 29.6 Å². The van der Waals surface area contributed by atoms with Crippen LogP contribution in [0, 0.1) is 12.8 Å². The molecule has 3 amide bonds. The van der Waals surface area contributed by atoms with Gasteiger partial charge in [-0.1, -0.05) is 34.1 Å². The van der Waals surface area contributed by atoms with E-state index in [4.69, 9.17) is 4.74 Å². The fourth-order valence-electron chi connectivity index (χ4n) is 2.96. The molecule has 2 N–H and O–H groups in total. The van der Waals surface area contributed by atoms with Gasteiger partial charge in [-0.05, 0) is 42.8 Å². The lowest BCUT2D eigenvalue weighted by atomic mass is 10.1. The first-order valence-corrected chi connectivity index (χ1v) is 10.0. The molecule has 1 aliphatic heterocycles. The van der Waals surface area contributed by atoms with Crippen LogP contribution >= 0.6 is 15.9 Å². The normalized spacial score (nSPS) is 15.6. The molecule has 9 heteroatoms. The van der Waals surface area contributed by atoms with Crippen molar-refractivity contribution >= 4 is 45.3 Å². The highest BCUT2D eigenvalue weighted by atomic mass is 79.9. The topological polar surface area (TPSA) is 105 Å². The van der Waals surface area contributed by atoms with Gasteiger partial charge in [0.2, 0.25) is 5.91 Å². The van der Waals surface area contributed by atoms with Crippen LogP contribution in [0.4, 0.5) is 5.69 Å². The van der Waals surface area contributed by atoms with Crippen LogP contribution in [0.2, 0.25) is 0 Å². The van der Waals surface area contributed by atoms with E-state index in [-0.39, 0.29) is 13.0 Å². The Hall–Kier alpha value is -3.20. The van der Waals surface area contributed by atoms with Crippen molar-refractivity contribution in [2.75, 3.05) is 18.5 Å². The van der Waals surface area contributed by atoms with Crippen molar-refractivity contribution in [3.8, 4) is 0 Å². The summed E-state index contributed by atoms with van der Waals surface area (Å²) in [6.45, 7) is 1.37. The minimum Gasteiger partial charge on any atom is -0.455 e. The Bertz CT molecular complexity index is 980. The molecule has 0 saturated carbocycles. The van der Waals surface area contributed by atoms with Gasteiger partial charge in [-0.2, -0.15) is 0 Å². The number of aryl methyl sites for hydroxylation is 1. The summed E-state index contributed by atoms with van der Waals surface area (Å²) in [5.74, 6) is -2.73. The van der Waals surface area contributed by atoms with Gasteiger partial charge < -0.3 is 10.1 Å². The molecule has 0 unspecified atom stereocenters. The molecule has 0 aliphatic carbocycles. The minimum absolute atomic E-state index is 0.0102. The molecule has 0 radical (unpaired) electrons. The summed E-state index contributed by atoms with van der Waals surface area (Å²) in [5.41, 5.74) is 4.36. The van der Waals surface area contributed by atoms with Crippen molar-refractivity contribution in [1.29, 1.82) is 0 Å². The smallest absolute Gasteiger partial charge is 0.311 e. The van der Waals surface area contributed by atoms with Gasteiger partial charge in [-0.15, -0.1) is 0 Å². The van der Waals surface area contributed by atoms with E-state index < -0.39 is 36.2 Å². The summed E-state index contributed by atoms with van der Waals surface area (Å²) in [4.78, 5) is 48.6. The zero-order chi connectivity index (χ0) is 21.7. The maximum Gasteiger partial charge on any atom is 0.311 e. The van der Waals surface area contributed by atoms with Gasteiger partial charge in [0.15, 0.2) is 6.61 Å². The monoisotopic (exact) mass is 473 g/mol. The number of esters is 1. The zero-order valence-corrected chi connectivity index (χ0v) is 17.8. The number of benzene rings is 2. The Kier molecular flexibility index (Phi) is 6.83. The third-order valence-electron chi connectivity index (χ3n) is 4.54. The molecule has 1 aliphatic rings. The molecule has 3 rings (SSSR count). The van der Waals surface area contributed by atoms with Crippen molar-refractivity contribution in [1.82, 2.24) is 10.4 Å². The maximum absolute atomic E-state index is 12.3. The number of rotatable bonds is 6. The third-order valence-corrected chi connectivity index (χ3v) is 5.03. The van der Waals surface area contributed by atoms with E-state index in [0.29, 0.717) is 11.3 Å². The van der Waals surface area contributed by atoms with Crippen LogP contribution in [0.25, 0.3) is 0 Å². The Labute approximate surface area is 181 Å². The van der Waals surface area contributed by atoms with Crippen LogP contribution < -0.4 is 10.7 Å². The fraction of sp³-hybridized carbons (Fsp3) is 0.238. The zero-order valence-electron chi connectivity index (χ0n) is 16.2. The van der Waals surface area contributed by atoms with Crippen LogP contribution in [-0.4, -0.2) is 41.9 Å². The largest absolute Gasteiger partial charge is 0.455 e. The van der Waals surface area contributed by atoms with Crippen molar-refractivity contribution in [2.45, 2.75) is 13.3 Å². The molecule has 0 bridgehead atoms. The molecule has 1 saturated heterocycles. The summed E-state index contributed by atoms with van der Waals surface area (Å²) in [7, 11) is 0. The molecular formula is C21H20BrN3O5. The summed E-state index contributed by atoms with van der Waals surface area (Å²) in [6, 6.07) is 13.8. The van der Waals surface area contributed by atoms with E-state index >= 15 is 0 Å². The van der Waals surface area contributed by atoms with E-state index in [1.807, 2.05) is 13.0 Å². The SMILES string of the molecule is Cc1cc(Br)ccc1NC(=O)COC(=O)[C@H]1CC(=O)N(NC(=O)c2ccccc2)C1. The standard InChI is InChI=1S/C21H20BrN3O5/c1-13-9-16(22)7-8-17(13)23-18(26)12-30-21(29)15-10-19(27)25(11-15)24-20(28)14-5-3-2-4-6-14/h2-9,15H,10-12H2,1H3,(H,23,26)(H,24,28)/t15-/m0/s1. The quantitative estimate of drug-likeness (QED) is 0.626. The second kappa shape index (κ2) is 9.53. The first-order chi connectivity index (χ1) is 14.3. The Morgan fingerprint density at radius 2 is 1.90 bits per heavy atom. The Morgan fingerprint density at radius 3 is 2.60 bits per heavy atom. The highest BCUT2D eigenvalue weighted by Crippen LogP contribution is 2.20. The number of carbonyl (C=O) groups is 4. The van der Waals surface area contributed by atoms with Gasteiger partial charge in [0.25, 0.3) is 11.8 Å². The lowest BCUT2D eigenvalue weighted by Gasteiger charge is -2.17. The number of ether oxygens (including phenoxy) is 1. The van der Waals surface area contributed by atoms with E-state index in [9.17, 15) is 19.2 Å². The van der Waals surface area contributed by atoms with E-state index in [1.165, 1.54) is 0 Å². The lowest BCUT2D eigenvalue weighted by molar-refractivity contribution is -0.151. The van der Waals surface area contributed by atoms with Crippen LogP contribution in [0.1, 0.15) is 22.3 Å². The number of amides is 3. The molecule has 2 aromatic carbocycles. The molecular weight excluding hydrogens is 454 g/mol. The molecule has 1 fully saturated rings. The highest BCUT2D eigenvalue weighted by molar-refractivity contribution is 9.10. The van der Waals surface area contributed by atoms with Gasteiger partial charge in [-0.25, -0.2) is 0 Å². The average Bonchev–Trinajstić information content (AvgIpc) is 3.09. The van der Waals surface area contributed by atoms with Crippen molar-refractivity contribution < 1.29 is 23.9 Å². The van der Waals surface area contributed by atoms with Gasteiger partial charge in [0.1, 0.15) is 0 Å². The van der Waals surface area contributed by atoms with Gasteiger partial charge in [0, 0.05) is 22.1 Å². The second-order valence-corrected chi connectivity index (χ2v) is 7.74. The van der Waals surface area contributed by atoms with E-state index in [1.54, 1.807) is 42.5 Å². The van der Waals surface area contributed by atoms with Crippen LogP contribution in [-0.2, 0) is 19.1 Å². The van der Waals surface area contributed by atoms with E-state index in [2.05, 4.69) is 26.7 Å². The first kappa shape index (κ1) is 21.5. The average molecular weight is 474 g/mol. The third kappa shape index (κ3) is 5.44. The van der Waals surface area contributed by atoms with Crippen molar-refractivity contribution in [3.63, 3.8) is 0 Å². The lowest BCUT2D eigenvalue weighted by Crippen LogP contribution is -2.43. The molecule has 0 aromatic heterocycles. The number of hydrogen-bond acceptors (Lipinski definition) is 5. The van der Waals surface area contributed by atoms with Crippen molar-refractivity contribution in [3.05, 3.63) is 64.1 Å². The molecule has 0 spiro atoms. The Balaban J connectivity index is 1.48. The second-order valence-electron chi connectivity index (χ2n) is 6.83. The summed E-state index contributed by atoms with van der Waals surface area (Å²) in [5, 5.41) is 3.78. The summed E-state index contributed by atoms with van der Waals surface area (Å²) >= 11 is 3.35. The number of anilines is 1. The summed E-state index contributed by atoms with van der Waals surface area (Å²) < 4.78 is 5.95. The number of halogens is 1. The molecule has 1 heterocycles. The van der Waals surface area contributed by atoms with E-state index in [0.717, 1.165) is 15.0 Å². The molecule has 2 aromatic rings. The number of nitrogens with one attached hydrogen (secondary N) is 2. The van der Waals surface area contributed by atoms with Crippen LogP contribution in [0.5, 0.6) is 0 Å². The number of carbonyl (C=O) groups excluding carboxylic acids is 4. The van der Waals surface area contributed by atoms with Crippen LogP contribution in [0.3, 0.4) is 0 Å². The van der Waals surface area contributed by atoms with Crippen LogP contribution in [0.15, 0.2) is 53.0 Å². The molecule has 30 heavy (non-hydrogen) atoms. The van der Waals surface area contributed by atoms with Gasteiger partial charge >= 0.3 is 5.97 Å². The van der Waals surface area contributed by atoms with Crippen molar-refractivity contribution in [2.24, 2.45) is 5.92 Å². The Morgan fingerprint density at radius 1 is 1.17 bits per heavy atom. The number of hydrazine groups is 1. The predicted molar refractivity (Wildman–Crippen MR) is 112 cm³/mol. The maximum atomic E-state index is 12.3. The number of nitrogens with zero attached hydrogens (tertiary/aromatic N) is 1. The van der Waals surface area contributed by atoms with Gasteiger partial charge in [0.05, 0.1) is 12.5 Å². The number of hydrogen-bond donors (Lipinski definition) is 2. The predicted octanol–water partition coefficient (Wildman–Crippen LogP) is 2.43. The molecule has 156 valence electrons. The highest BCUT2D eigenvalue weighted by Gasteiger charge is 2.36. The molecule has 1 atom stereocenters. The first-order valence-electron chi connectivity index (χ1n) is 9.22. The summed E-state index contributed by atoms with van der Waals surface area (Å²) in [6.07, 6.45) is -0.0959. The minimum atomic E-state index is -0.754. The molecule has 8 nitrogen and oxygen atoms in total. The fourth-order valence-corrected chi connectivity index (χ4v) is 3.43.